The lowest BCUT2D eigenvalue weighted by Gasteiger charge is -2.17. The molecule has 0 unspecified atom stereocenters. The zero-order chi connectivity index (χ0) is 16.2. The van der Waals surface area contributed by atoms with Gasteiger partial charge in [-0.1, -0.05) is 0 Å². The van der Waals surface area contributed by atoms with Crippen LogP contribution in [-0.4, -0.2) is 39.4 Å². The first-order chi connectivity index (χ1) is 9.70. The highest BCUT2D eigenvalue weighted by atomic mass is 32.2. The van der Waals surface area contributed by atoms with Crippen molar-refractivity contribution in [3.05, 3.63) is 23.8 Å². The third kappa shape index (κ3) is 4.11. The summed E-state index contributed by atoms with van der Waals surface area (Å²) in [6.07, 6.45) is 0.241. The summed E-state index contributed by atoms with van der Waals surface area (Å²) < 4.78 is 56.3. The minimum atomic E-state index is -4.15. The van der Waals surface area contributed by atoms with Crippen molar-refractivity contribution in [1.29, 1.82) is 0 Å². The number of anilines is 1. The monoisotopic (exact) mass is 322 g/mol. The summed E-state index contributed by atoms with van der Waals surface area (Å²) in [5.74, 6) is -2.72. The minimum Gasteiger partial charge on any atom is -0.469 e. The smallest absolute Gasteiger partial charge is 0.305 e. The number of carbonyl (C=O) groups is 1. The number of nitrogens with two attached hydrogens (primary N) is 1. The van der Waals surface area contributed by atoms with Crippen molar-refractivity contribution in [2.45, 2.75) is 17.7 Å². The first-order valence-electron chi connectivity index (χ1n) is 5.97. The highest BCUT2D eigenvalue weighted by Gasteiger charge is 2.25. The maximum atomic E-state index is 13.6. The Bertz CT molecular complexity index is 634. The zero-order valence-electron chi connectivity index (χ0n) is 11.6. The Balaban J connectivity index is 2.90. The minimum absolute atomic E-state index is 0.0197. The van der Waals surface area contributed by atoms with Gasteiger partial charge in [-0.25, -0.2) is 21.5 Å². The SMILES string of the molecule is COC(=O)CCCN(C)S(=O)(=O)c1cc(N)c(F)cc1F. The number of carbonyl (C=O) groups excluding carboxylic acids is 1. The highest BCUT2D eigenvalue weighted by Crippen LogP contribution is 2.23. The molecule has 0 amide bonds. The van der Waals surface area contributed by atoms with Crippen LogP contribution in [0.3, 0.4) is 0 Å². The Kier molecular flexibility index (Phi) is 5.62. The lowest BCUT2D eigenvalue weighted by atomic mass is 10.3. The van der Waals surface area contributed by atoms with Crippen LogP contribution in [0.4, 0.5) is 14.5 Å². The summed E-state index contributed by atoms with van der Waals surface area (Å²) in [5, 5.41) is 0. The number of hydrogen-bond acceptors (Lipinski definition) is 5. The van der Waals surface area contributed by atoms with Crippen molar-refractivity contribution in [1.82, 2.24) is 4.31 Å². The third-order valence-corrected chi connectivity index (χ3v) is 4.69. The van der Waals surface area contributed by atoms with E-state index in [0.717, 1.165) is 10.4 Å². The summed E-state index contributed by atoms with van der Waals surface area (Å²) in [6.45, 7) is -0.0197. The molecule has 1 aromatic rings. The standard InChI is InChI=1S/C12H16F2N2O4S/c1-16(5-3-4-12(17)20-2)21(18,19)11-7-10(15)8(13)6-9(11)14/h6-7H,3-5,15H2,1-2H3. The Labute approximate surface area is 121 Å². The Morgan fingerprint density at radius 1 is 1.33 bits per heavy atom. The Morgan fingerprint density at radius 3 is 2.52 bits per heavy atom. The molecule has 0 aliphatic heterocycles. The van der Waals surface area contributed by atoms with Crippen molar-refractivity contribution in [3.63, 3.8) is 0 Å². The summed E-state index contributed by atoms with van der Waals surface area (Å²) >= 11 is 0. The van der Waals surface area contributed by atoms with Crippen molar-refractivity contribution < 1.29 is 26.7 Å². The molecular weight excluding hydrogens is 306 g/mol. The van der Waals surface area contributed by atoms with E-state index in [1.54, 1.807) is 0 Å². The summed E-state index contributed by atoms with van der Waals surface area (Å²) in [7, 11) is -1.70. The molecule has 0 fully saturated rings. The lowest BCUT2D eigenvalue weighted by Crippen LogP contribution is -2.29. The van der Waals surface area contributed by atoms with Gasteiger partial charge in [0, 0.05) is 26.1 Å². The normalized spacial score (nSPS) is 11.7. The van der Waals surface area contributed by atoms with Crippen LogP contribution in [0.1, 0.15) is 12.8 Å². The van der Waals surface area contributed by atoms with Gasteiger partial charge in [0.1, 0.15) is 16.5 Å². The van der Waals surface area contributed by atoms with Crippen molar-refractivity contribution in [3.8, 4) is 0 Å². The average molecular weight is 322 g/mol. The van der Waals surface area contributed by atoms with Crippen LogP contribution in [0.25, 0.3) is 0 Å². The molecule has 0 radical (unpaired) electrons. The van der Waals surface area contributed by atoms with Gasteiger partial charge in [-0.3, -0.25) is 4.79 Å². The number of benzene rings is 1. The van der Waals surface area contributed by atoms with Gasteiger partial charge in [-0.05, 0) is 12.5 Å². The van der Waals surface area contributed by atoms with E-state index in [0.29, 0.717) is 6.07 Å². The molecular formula is C12H16F2N2O4S. The molecule has 6 nitrogen and oxygen atoms in total. The fraction of sp³-hybridized carbons (Fsp3) is 0.417. The predicted octanol–water partition coefficient (Wildman–Crippen LogP) is 1.12. The maximum absolute atomic E-state index is 13.6. The van der Waals surface area contributed by atoms with Crippen LogP contribution in [0.5, 0.6) is 0 Å². The molecule has 0 aliphatic carbocycles. The van der Waals surface area contributed by atoms with E-state index in [2.05, 4.69) is 4.74 Å². The number of nitrogen functional groups attached to an aromatic ring is 1. The van der Waals surface area contributed by atoms with Crippen LogP contribution < -0.4 is 5.73 Å². The first kappa shape index (κ1) is 17.3. The number of esters is 1. The molecule has 118 valence electrons. The maximum Gasteiger partial charge on any atom is 0.305 e. The summed E-state index contributed by atoms with van der Waals surface area (Å²) in [6, 6.07) is 1.15. The van der Waals surface area contributed by atoms with E-state index < -0.39 is 38.2 Å². The highest BCUT2D eigenvalue weighted by molar-refractivity contribution is 7.89. The molecule has 1 rings (SSSR count). The van der Waals surface area contributed by atoms with Crippen LogP contribution in [0.15, 0.2) is 17.0 Å². The average Bonchev–Trinajstić information content (AvgIpc) is 2.42. The van der Waals surface area contributed by atoms with Gasteiger partial charge >= 0.3 is 5.97 Å². The predicted molar refractivity (Wildman–Crippen MR) is 71.8 cm³/mol. The topological polar surface area (TPSA) is 89.7 Å². The van der Waals surface area contributed by atoms with Gasteiger partial charge in [0.05, 0.1) is 12.8 Å². The van der Waals surface area contributed by atoms with Gasteiger partial charge in [0.2, 0.25) is 10.0 Å². The van der Waals surface area contributed by atoms with Gasteiger partial charge < -0.3 is 10.5 Å². The van der Waals surface area contributed by atoms with E-state index in [1.807, 2.05) is 0 Å². The largest absolute Gasteiger partial charge is 0.469 e. The van der Waals surface area contributed by atoms with Gasteiger partial charge in [0.15, 0.2) is 0 Å². The van der Waals surface area contributed by atoms with Crippen molar-refractivity contribution in [2.24, 2.45) is 0 Å². The second-order valence-electron chi connectivity index (χ2n) is 4.31. The number of halogens is 2. The number of ether oxygens (including phenoxy) is 1. The lowest BCUT2D eigenvalue weighted by molar-refractivity contribution is -0.140. The van der Waals surface area contributed by atoms with Gasteiger partial charge in [0.25, 0.3) is 0 Å². The number of sulfonamides is 1. The molecule has 2 N–H and O–H groups in total. The molecule has 0 spiro atoms. The molecule has 0 heterocycles. The molecule has 0 aromatic heterocycles. The van der Waals surface area contributed by atoms with E-state index in [1.165, 1.54) is 14.2 Å². The van der Waals surface area contributed by atoms with Crippen molar-refractivity contribution >= 4 is 21.7 Å². The van der Waals surface area contributed by atoms with Crippen LogP contribution in [-0.2, 0) is 19.6 Å². The van der Waals surface area contributed by atoms with Crippen LogP contribution in [0, 0.1) is 11.6 Å². The van der Waals surface area contributed by atoms with Crippen LogP contribution >= 0.6 is 0 Å². The number of rotatable bonds is 6. The second kappa shape index (κ2) is 6.81. The van der Waals surface area contributed by atoms with Gasteiger partial charge in [-0.2, -0.15) is 0 Å². The number of methoxy groups -OCH3 is 1. The van der Waals surface area contributed by atoms with E-state index in [4.69, 9.17) is 5.73 Å². The number of hydrogen-bond donors (Lipinski definition) is 1. The molecule has 0 aliphatic rings. The Hall–Kier alpha value is -1.74. The summed E-state index contributed by atoms with van der Waals surface area (Å²) in [4.78, 5) is 10.2. The van der Waals surface area contributed by atoms with Crippen LogP contribution in [0.2, 0.25) is 0 Å². The molecule has 0 atom stereocenters. The molecule has 1 aromatic carbocycles. The van der Waals surface area contributed by atoms with E-state index in [9.17, 15) is 22.0 Å². The Morgan fingerprint density at radius 2 is 1.95 bits per heavy atom. The molecule has 0 saturated heterocycles. The van der Waals surface area contributed by atoms with Gasteiger partial charge in [-0.15, -0.1) is 0 Å². The zero-order valence-corrected chi connectivity index (χ0v) is 12.4. The molecule has 9 heteroatoms. The second-order valence-corrected chi connectivity index (χ2v) is 6.32. The summed E-state index contributed by atoms with van der Waals surface area (Å²) in [5.41, 5.74) is 4.80. The fourth-order valence-corrected chi connectivity index (χ4v) is 2.87. The first-order valence-corrected chi connectivity index (χ1v) is 7.41. The third-order valence-electron chi connectivity index (χ3n) is 2.82. The van der Waals surface area contributed by atoms with E-state index >= 15 is 0 Å². The van der Waals surface area contributed by atoms with Crippen molar-refractivity contribution in [2.75, 3.05) is 26.4 Å². The molecule has 0 bridgehead atoms. The molecule has 0 saturated carbocycles. The molecule has 21 heavy (non-hydrogen) atoms. The quantitative estimate of drug-likeness (QED) is 0.626. The fourth-order valence-electron chi connectivity index (χ4n) is 1.58. The number of nitrogens with zero attached hydrogens (tertiary/aromatic N) is 1. The van der Waals surface area contributed by atoms with E-state index in [-0.39, 0.29) is 19.4 Å².